The monoisotopic (exact) mass is 246 g/mol. The molecule has 0 spiro atoms. The van der Waals surface area contributed by atoms with Crippen LogP contribution in [0.1, 0.15) is 63.7 Å². The van der Waals surface area contributed by atoms with Gasteiger partial charge in [-0.2, -0.15) is 0 Å². The Kier molecular flexibility index (Phi) is 4.11. The third kappa shape index (κ3) is 2.95. The maximum Gasteiger partial charge on any atom is 0.0843 e. The summed E-state index contributed by atoms with van der Waals surface area (Å²) in [6.07, 6.45) is 5.63. The lowest BCUT2D eigenvalue weighted by Crippen LogP contribution is -2.22. The van der Waals surface area contributed by atoms with Crippen LogP contribution in [0.4, 0.5) is 0 Å². The molecule has 1 aromatic rings. The number of aliphatic hydroxyl groups is 1. The molecule has 2 rings (SSSR count). The third-order valence-corrected chi connectivity index (χ3v) is 4.32. The van der Waals surface area contributed by atoms with Gasteiger partial charge in [-0.25, -0.2) is 0 Å². The van der Waals surface area contributed by atoms with Gasteiger partial charge in [0.15, 0.2) is 0 Å². The van der Waals surface area contributed by atoms with E-state index in [0.29, 0.717) is 5.92 Å². The SMILES string of the molecule is CC(C)Cc1cccc(C(O)C2(C)CCCC2)c1. The summed E-state index contributed by atoms with van der Waals surface area (Å²) in [6.45, 7) is 6.71. The average molecular weight is 246 g/mol. The molecule has 0 saturated heterocycles. The van der Waals surface area contributed by atoms with Gasteiger partial charge in [-0.05, 0) is 41.7 Å². The van der Waals surface area contributed by atoms with Crippen molar-refractivity contribution in [2.45, 2.75) is 59.0 Å². The Morgan fingerprint density at radius 2 is 1.89 bits per heavy atom. The van der Waals surface area contributed by atoms with Crippen LogP contribution in [0.25, 0.3) is 0 Å². The molecule has 100 valence electrons. The molecule has 1 atom stereocenters. The van der Waals surface area contributed by atoms with Crippen molar-refractivity contribution in [3.8, 4) is 0 Å². The molecule has 0 amide bonds. The fourth-order valence-electron chi connectivity index (χ4n) is 3.22. The highest BCUT2D eigenvalue weighted by atomic mass is 16.3. The molecule has 1 aliphatic rings. The molecule has 0 bridgehead atoms. The molecule has 1 fully saturated rings. The van der Waals surface area contributed by atoms with E-state index >= 15 is 0 Å². The number of aliphatic hydroxyl groups excluding tert-OH is 1. The zero-order chi connectivity index (χ0) is 13.2. The van der Waals surface area contributed by atoms with E-state index in [1.165, 1.54) is 18.4 Å². The van der Waals surface area contributed by atoms with E-state index in [-0.39, 0.29) is 11.5 Å². The Bertz CT molecular complexity index is 388. The first kappa shape index (κ1) is 13.6. The highest BCUT2D eigenvalue weighted by molar-refractivity contribution is 5.27. The summed E-state index contributed by atoms with van der Waals surface area (Å²) in [6, 6.07) is 8.55. The Hall–Kier alpha value is -0.820. The molecule has 0 heterocycles. The number of hydrogen-bond acceptors (Lipinski definition) is 1. The van der Waals surface area contributed by atoms with Gasteiger partial charge in [-0.15, -0.1) is 0 Å². The van der Waals surface area contributed by atoms with Gasteiger partial charge < -0.3 is 5.11 Å². The van der Waals surface area contributed by atoms with Gasteiger partial charge in [-0.1, -0.05) is 57.9 Å². The summed E-state index contributed by atoms with van der Waals surface area (Å²) in [5, 5.41) is 10.6. The summed E-state index contributed by atoms with van der Waals surface area (Å²) >= 11 is 0. The van der Waals surface area contributed by atoms with Crippen LogP contribution in [-0.2, 0) is 6.42 Å². The molecule has 1 heteroatoms. The van der Waals surface area contributed by atoms with Gasteiger partial charge >= 0.3 is 0 Å². The molecule has 0 aliphatic heterocycles. The molecule has 18 heavy (non-hydrogen) atoms. The molecule has 0 radical (unpaired) electrons. The highest BCUT2D eigenvalue weighted by Gasteiger charge is 2.36. The van der Waals surface area contributed by atoms with E-state index in [0.717, 1.165) is 24.8 Å². The minimum absolute atomic E-state index is 0.0937. The Labute approximate surface area is 111 Å². The van der Waals surface area contributed by atoms with E-state index in [9.17, 15) is 5.11 Å². The second kappa shape index (κ2) is 5.44. The van der Waals surface area contributed by atoms with Gasteiger partial charge in [0.05, 0.1) is 6.10 Å². The standard InChI is InChI=1S/C17H26O/c1-13(2)11-14-7-6-8-15(12-14)16(18)17(3)9-4-5-10-17/h6-8,12-13,16,18H,4-5,9-11H2,1-3H3. The first-order valence-corrected chi connectivity index (χ1v) is 7.28. The van der Waals surface area contributed by atoms with Crippen molar-refractivity contribution in [3.05, 3.63) is 35.4 Å². The lowest BCUT2D eigenvalue weighted by Gasteiger charge is -2.30. The van der Waals surface area contributed by atoms with Crippen molar-refractivity contribution in [1.29, 1.82) is 0 Å². The van der Waals surface area contributed by atoms with Crippen molar-refractivity contribution in [1.82, 2.24) is 0 Å². The van der Waals surface area contributed by atoms with Gasteiger partial charge in [0.2, 0.25) is 0 Å². The topological polar surface area (TPSA) is 20.2 Å². The van der Waals surface area contributed by atoms with E-state index in [2.05, 4.69) is 45.0 Å². The smallest absolute Gasteiger partial charge is 0.0843 e. The first-order valence-electron chi connectivity index (χ1n) is 7.28. The molecule has 1 nitrogen and oxygen atoms in total. The molecule has 1 aliphatic carbocycles. The van der Waals surface area contributed by atoms with E-state index in [1.54, 1.807) is 0 Å². The van der Waals surface area contributed by atoms with Crippen LogP contribution in [0, 0.1) is 11.3 Å². The summed E-state index contributed by atoms with van der Waals surface area (Å²) in [7, 11) is 0. The zero-order valence-electron chi connectivity index (χ0n) is 11.9. The Morgan fingerprint density at radius 1 is 1.22 bits per heavy atom. The molecule has 1 aromatic carbocycles. The van der Waals surface area contributed by atoms with Crippen molar-refractivity contribution in [2.75, 3.05) is 0 Å². The van der Waals surface area contributed by atoms with E-state index in [1.807, 2.05) is 0 Å². The summed E-state index contributed by atoms with van der Waals surface area (Å²) in [5.74, 6) is 0.666. The number of benzene rings is 1. The van der Waals surface area contributed by atoms with Crippen molar-refractivity contribution >= 4 is 0 Å². The van der Waals surface area contributed by atoms with Crippen LogP contribution in [0.2, 0.25) is 0 Å². The van der Waals surface area contributed by atoms with E-state index in [4.69, 9.17) is 0 Å². The minimum Gasteiger partial charge on any atom is -0.388 e. The molecule has 1 saturated carbocycles. The van der Waals surface area contributed by atoms with Crippen LogP contribution < -0.4 is 0 Å². The predicted octanol–water partition coefficient (Wildman–Crippen LogP) is 4.50. The fourth-order valence-corrected chi connectivity index (χ4v) is 3.22. The van der Waals surface area contributed by atoms with Gasteiger partial charge in [-0.3, -0.25) is 0 Å². The highest BCUT2D eigenvalue weighted by Crippen LogP contribution is 2.47. The van der Waals surface area contributed by atoms with Crippen LogP contribution in [-0.4, -0.2) is 5.11 Å². The molecular formula is C17H26O. The van der Waals surface area contributed by atoms with Gasteiger partial charge in [0.1, 0.15) is 0 Å². The minimum atomic E-state index is -0.299. The van der Waals surface area contributed by atoms with Gasteiger partial charge in [0, 0.05) is 0 Å². The lowest BCUT2D eigenvalue weighted by atomic mass is 9.79. The lowest BCUT2D eigenvalue weighted by molar-refractivity contribution is 0.0408. The van der Waals surface area contributed by atoms with Crippen LogP contribution in [0.15, 0.2) is 24.3 Å². The first-order chi connectivity index (χ1) is 8.51. The maximum atomic E-state index is 10.6. The largest absolute Gasteiger partial charge is 0.388 e. The van der Waals surface area contributed by atoms with Crippen molar-refractivity contribution in [3.63, 3.8) is 0 Å². The van der Waals surface area contributed by atoms with Crippen molar-refractivity contribution in [2.24, 2.45) is 11.3 Å². The average Bonchev–Trinajstić information content (AvgIpc) is 2.76. The number of hydrogen-bond donors (Lipinski definition) is 1. The third-order valence-electron chi connectivity index (χ3n) is 4.32. The Balaban J connectivity index is 2.17. The zero-order valence-corrected chi connectivity index (χ0v) is 11.9. The second-order valence-electron chi connectivity index (χ2n) is 6.61. The summed E-state index contributed by atoms with van der Waals surface area (Å²) < 4.78 is 0. The van der Waals surface area contributed by atoms with E-state index < -0.39 is 0 Å². The fraction of sp³-hybridized carbons (Fsp3) is 0.647. The molecule has 1 N–H and O–H groups in total. The summed E-state index contributed by atoms with van der Waals surface area (Å²) in [5.41, 5.74) is 2.55. The Morgan fingerprint density at radius 3 is 2.50 bits per heavy atom. The quantitative estimate of drug-likeness (QED) is 0.829. The molecular weight excluding hydrogens is 220 g/mol. The number of rotatable bonds is 4. The van der Waals surface area contributed by atoms with Crippen molar-refractivity contribution < 1.29 is 5.11 Å². The normalized spacial score (nSPS) is 20.3. The molecule has 0 aromatic heterocycles. The molecule has 1 unspecified atom stereocenters. The van der Waals surface area contributed by atoms with Crippen LogP contribution in [0.3, 0.4) is 0 Å². The second-order valence-corrected chi connectivity index (χ2v) is 6.61. The predicted molar refractivity (Wildman–Crippen MR) is 76.5 cm³/mol. The summed E-state index contributed by atoms with van der Waals surface area (Å²) in [4.78, 5) is 0. The van der Waals surface area contributed by atoms with Crippen LogP contribution >= 0.6 is 0 Å². The maximum absolute atomic E-state index is 10.6. The van der Waals surface area contributed by atoms with Gasteiger partial charge in [0.25, 0.3) is 0 Å². The van der Waals surface area contributed by atoms with Crippen LogP contribution in [0.5, 0.6) is 0 Å².